The van der Waals surface area contributed by atoms with Gasteiger partial charge in [0, 0.05) is 83.2 Å². The van der Waals surface area contributed by atoms with Crippen LogP contribution in [0.4, 0.5) is 5.69 Å². The summed E-state index contributed by atoms with van der Waals surface area (Å²) in [6.07, 6.45) is 2.52. The Kier molecular flexibility index (Phi) is 4.64. The number of aliphatic imine (C=N–C) groups is 1. The highest BCUT2D eigenvalue weighted by molar-refractivity contribution is 6.80. The number of hydrogen-bond acceptors (Lipinski definition) is 7. The number of fused-ring (bicyclic) bond motifs is 6. The van der Waals surface area contributed by atoms with Crippen molar-refractivity contribution in [1.82, 2.24) is 4.98 Å². The number of carbonyl (C=O) groups excluding carboxylic acids is 1. The highest BCUT2D eigenvalue weighted by atomic mass is 16.5. The maximum absolute atomic E-state index is 18.9. The van der Waals surface area contributed by atoms with Gasteiger partial charge in [0.1, 0.15) is 16.5 Å². The molecule has 1 N–H and O–H groups in total. The van der Waals surface area contributed by atoms with Gasteiger partial charge < -0.3 is 4.74 Å². The summed E-state index contributed by atoms with van der Waals surface area (Å²) >= 11 is 0. The van der Waals surface area contributed by atoms with Crippen molar-refractivity contribution in [3.8, 4) is 5.75 Å². The summed E-state index contributed by atoms with van der Waals surface area (Å²) in [5.74, 6) is 0.845. The third kappa shape index (κ3) is 2.81. The summed E-state index contributed by atoms with van der Waals surface area (Å²) < 4.78 is 5.70. The van der Waals surface area contributed by atoms with E-state index in [1.807, 2.05) is 36.5 Å². The van der Waals surface area contributed by atoms with Crippen molar-refractivity contribution in [3.63, 3.8) is 0 Å². The zero-order valence-corrected chi connectivity index (χ0v) is 48.7. The van der Waals surface area contributed by atoms with E-state index >= 15 is 9.59 Å². The van der Waals surface area contributed by atoms with Gasteiger partial charge in [0.2, 0.25) is 5.43 Å². The van der Waals surface area contributed by atoms with E-state index in [1.165, 1.54) is 243 Å². The Balaban J connectivity index is 1.03. The first kappa shape index (κ1) is 40.5. The van der Waals surface area contributed by atoms with Gasteiger partial charge >= 0.3 is 0 Å². The summed E-state index contributed by atoms with van der Waals surface area (Å²) in [5.41, 5.74) is 10.7. The SMILES string of the molecule is COc1ccc(N/N=c2/c(=O)c3c4c5c6c7c8c9c%10c%11c(c%12c%13c%14c(c%15c%16c2c3c2c5c3c5c6c6c%17c7c%10c7c%10c%11c%13c%11c%13c%14c%14c%15c%15c%16c2c3c2c%15c3c%14c%13c%13c(c%10%11)c(c7%17)c7c6c5c2c3c%137)C%12)C(=O)C9(c2ccccc2)C(c2ccccc2)=NC84c2ccccn2)cc1. The van der Waals surface area contributed by atoms with Crippen LogP contribution in [0.25, 0.3) is 269 Å². The smallest absolute Gasteiger partial charge is 0.214 e. The number of methoxy groups -OCH3 is 1. The minimum atomic E-state index is -1.51. The van der Waals surface area contributed by atoms with Gasteiger partial charge in [-0.25, -0.2) is 0 Å². The lowest BCUT2D eigenvalue weighted by atomic mass is 9.53. The fourth-order valence-corrected chi connectivity index (χ4v) is 26.5. The molecule has 29 aromatic carbocycles. The molecule has 0 spiro atoms. The summed E-state index contributed by atoms with van der Waals surface area (Å²) in [6.45, 7) is 0. The minimum Gasteiger partial charge on any atom is -0.497 e. The first-order chi connectivity index (χ1) is 46.6. The second kappa shape index (κ2) is 10.8. The lowest BCUT2D eigenvalue weighted by molar-refractivity contribution is 0.0947. The molecule has 2 atom stereocenters. The Bertz CT molecular complexity index is 9050. The van der Waals surface area contributed by atoms with E-state index in [0.717, 1.165) is 83.0 Å². The van der Waals surface area contributed by atoms with Crippen LogP contribution in [0.2, 0.25) is 0 Å². The van der Waals surface area contributed by atoms with E-state index in [1.54, 1.807) is 7.11 Å². The van der Waals surface area contributed by atoms with Crippen LogP contribution in [0, 0.1) is 0 Å². The number of hydrogen-bond donors (Lipinski definition) is 1. The highest BCUT2D eigenvalue weighted by Crippen LogP contribution is 2.79. The second-order valence-corrected chi connectivity index (χ2v) is 30.2. The summed E-state index contributed by atoms with van der Waals surface area (Å²) in [4.78, 5) is 49.6. The molecule has 4 aliphatic rings. The molecule has 0 fully saturated rings. The van der Waals surface area contributed by atoms with E-state index in [2.05, 4.69) is 78.2 Å². The number of ether oxygens (including phenoxy) is 1. The van der Waals surface area contributed by atoms with Gasteiger partial charge in [0.25, 0.3) is 0 Å². The quantitative estimate of drug-likeness (QED) is 0.132. The monoisotopic (exact) mass is 1170 g/mol. The summed E-state index contributed by atoms with van der Waals surface area (Å²) in [6, 6.07) is 35.9. The van der Waals surface area contributed by atoms with E-state index in [0.29, 0.717) is 22.9 Å². The second-order valence-electron chi connectivity index (χ2n) is 30.2. The number of aromatic nitrogens is 1. The Labute approximate surface area is 518 Å². The molecule has 7 heteroatoms. The maximum Gasteiger partial charge on any atom is 0.214 e. The molecule has 0 saturated heterocycles. The van der Waals surface area contributed by atoms with Gasteiger partial charge in [-0.15, -0.1) is 0 Å². The van der Waals surface area contributed by atoms with Crippen LogP contribution in [-0.4, -0.2) is 23.6 Å². The third-order valence-electron chi connectivity index (χ3n) is 28.2. The Morgan fingerprint density at radius 1 is 0.383 bits per heavy atom. The number of carbonyl (C=O) groups is 1. The fourth-order valence-electron chi connectivity index (χ4n) is 26.5. The standard InChI is InChI=1S/C87H24N4O3/c1-94-24-17-15-23(16-18-24)90-91-82-77-35-30-25-20-26-29-28(25)32-37-34(30)41-42(35)48-60-52-47(41)49-43(37)45-39(32)40-33(29)38-36-31(26)85(93)86(22-12-6-3-7-13-22)80-75(36)70-65-44(38)46(40)51-50(45)54-53(49)55(52)58-59-56(54)57(51)61(65)66-63(59)67-62(58)64(60)69-68(48)73(77)78(83(82)92)79-74(69)72(67)76(71(66)70)81(80)87(79,27-14-8-9-19-88-27)89-84(86)21-10-4-2-5-11-21/h2-19,90H,20H2,1H3/b91-82+. The minimum absolute atomic E-state index is 0.101. The molecule has 410 valence electrons. The fraction of sp³-hybridized carbons (Fsp3) is 0.0460. The number of nitrogens with zero attached hydrogens (tertiary/aromatic N) is 3. The maximum atomic E-state index is 18.9. The van der Waals surface area contributed by atoms with Gasteiger partial charge in [-0.05, 0) is 280 Å². The van der Waals surface area contributed by atoms with Crippen LogP contribution in [-0.2, 0) is 17.4 Å². The third-order valence-corrected chi connectivity index (χ3v) is 28.2. The van der Waals surface area contributed by atoms with E-state index in [4.69, 9.17) is 19.8 Å². The number of anilines is 1. The normalized spacial score (nSPS) is 19.6. The van der Waals surface area contributed by atoms with E-state index in [-0.39, 0.29) is 11.2 Å². The van der Waals surface area contributed by atoms with Crippen molar-refractivity contribution in [2.24, 2.45) is 10.1 Å². The van der Waals surface area contributed by atoms with E-state index < -0.39 is 11.0 Å². The summed E-state index contributed by atoms with van der Waals surface area (Å²) in [5, 5.41) is 72.5. The van der Waals surface area contributed by atoms with Crippen molar-refractivity contribution in [2.45, 2.75) is 17.4 Å². The number of benzene rings is 20. The van der Waals surface area contributed by atoms with Crippen LogP contribution >= 0.6 is 0 Å². The van der Waals surface area contributed by atoms with Crippen molar-refractivity contribution in [3.05, 3.63) is 175 Å². The number of pyridine rings is 1. The average molecular weight is 1170 g/mol. The lowest BCUT2D eigenvalue weighted by Crippen LogP contribution is -2.54. The van der Waals surface area contributed by atoms with Gasteiger partial charge in [-0.2, -0.15) is 5.10 Å². The number of nitrogens with one attached hydrogen (secondary N) is 1. The van der Waals surface area contributed by atoms with Gasteiger partial charge in [0.05, 0.1) is 24.2 Å². The molecule has 7 nitrogen and oxygen atoms in total. The van der Waals surface area contributed by atoms with Crippen LogP contribution < -0.4 is 20.9 Å². The predicted octanol–water partition coefficient (Wildman–Crippen LogP) is 19.6. The largest absolute Gasteiger partial charge is 0.497 e. The summed E-state index contributed by atoms with van der Waals surface area (Å²) in [7, 11) is 1.69. The van der Waals surface area contributed by atoms with Crippen molar-refractivity contribution in [2.75, 3.05) is 12.5 Å². The zero-order valence-electron chi connectivity index (χ0n) is 48.7. The molecule has 3 aliphatic carbocycles. The molecule has 34 rings (SSSR count). The first-order valence-electron chi connectivity index (χ1n) is 33.3. The first-order valence-corrected chi connectivity index (χ1v) is 33.3. The van der Waals surface area contributed by atoms with Crippen LogP contribution in [0.5, 0.6) is 5.75 Å². The Hall–Kier alpha value is -12.2. The van der Waals surface area contributed by atoms with Gasteiger partial charge in [-0.1, -0.05) is 66.7 Å². The molecule has 0 radical (unpaired) electrons. The van der Waals surface area contributed by atoms with Crippen molar-refractivity contribution in [1.29, 1.82) is 0 Å². The zero-order chi connectivity index (χ0) is 58.5. The lowest BCUT2D eigenvalue weighted by Gasteiger charge is -2.50. The molecule has 0 bridgehead atoms. The number of Topliss-reactive ketones (excluding diaryl/α,β-unsaturated/α-hetero) is 1. The van der Waals surface area contributed by atoms with Crippen LogP contribution in [0.15, 0.2) is 124 Å². The molecule has 2 heterocycles. The number of ketones is 1. The Morgan fingerprint density at radius 3 is 1.29 bits per heavy atom. The van der Waals surface area contributed by atoms with Gasteiger partial charge in [-0.3, -0.25) is 25.0 Å². The average Bonchev–Trinajstić information content (AvgIpc) is 1.39. The highest BCUT2D eigenvalue weighted by Gasteiger charge is 2.64. The molecule has 1 aromatic heterocycles. The molecule has 0 amide bonds. The topological polar surface area (TPSA) is 93.0 Å². The molecule has 1 aliphatic heterocycles. The van der Waals surface area contributed by atoms with Crippen LogP contribution in [0.1, 0.15) is 55.0 Å². The molecule has 94 heavy (non-hydrogen) atoms. The Morgan fingerprint density at radius 2 is 0.787 bits per heavy atom. The molecule has 30 aromatic rings. The van der Waals surface area contributed by atoms with Crippen molar-refractivity contribution < 1.29 is 9.53 Å². The molecular formula is C87H24N4O3. The van der Waals surface area contributed by atoms with E-state index in [9.17, 15) is 0 Å². The molecular weight excluding hydrogens is 1150 g/mol. The predicted molar refractivity (Wildman–Crippen MR) is 384 cm³/mol. The molecule has 0 saturated carbocycles. The van der Waals surface area contributed by atoms with Gasteiger partial charge in [0.15, 0.2) is 11.3 Å². The molecule has 2 unspecified atom stereocenters. The number of rotatable bonds is 6. The van der Waals surface area contributed by atoms with Crippen LogP contribution in [0.3, 0.4) is 0 Å². The van der Waals surface area contributed by atoms with Crippen molar-refractivity contribution >= 4 is 286 Å².